The summed E-state index contributed by atoms with van der Waals surface area (Å²) in [6.45, 7) is 0. The van der Waals surface area contributed by atoms with Crippen LogP contribution in [0.1, 0.15) is 22.3 Å². The van der Waals surface area contributed by atoms with Gasteiger partial charge in [-0.1, -0.05) is 54.2 Å². The summed E-state index contributed by atoms with van der Waals surface area (Å²) in [5.41, 5.74) is 2.62. The number of nitrogens with one attached hydrogen (secondary N) is 1. The van der Waals surface area contributed by atoms with Crippen molar-refractivity contribution in [3.05, 3.63) is 65.7 Å². The molecule has 0 bridgehead atoms. The minimum atomic E-state index is -0.481. The van der Waals surface area contributed by atoms with E-state index < -0.39 is 5.25 Å². The minimum Gasteiger partial charge on any atom is -0.378 e. The summed E-state index contributed by atoms with van der Waals surface area (Å²) >= 11 is 1.23. The van der Waals surface area contributed by atoms with Gasteiger partial charge >= 0.3 is 0 Å². The van der Waals surface area contributed by atoms with Gasteiger partial charge in [-0.15, -0.1) is 5.10 Å². The van der Waals surface area contributed by atoms with Crippen LogP contribution in [-0.2, 0) is 4.79 Å². The van der Waals surface area contributed by atoms with Gasteiger partial charge in [0.05, 0.1) is 11.5 Å². The molecule has 1 N–H and O–H groups in total. The first kappa shape index (κ1) is 18.8. The summed E-state index contributed by atoms with van der Waals surface area (Å²) in [5.74, 6) is -0.275. The van der Waals surface area contributed by atoms with Crippen molar-refractivity contribution in [2.24, 2.45) is 10.2 Å². The Morgan fingerprint density at radius 1 is 1.15 bits per heavy atom. The molecule has 1 saturated heterocycles. The summed E-state index contributed by atoms with van der Waals surface area (Å²) in [6, 6.07) is 16.8. The summed E-state index contributed by atoms with van der Waals surface area (Å²) < 4.78 is 0. The standard InChI is InChI=1S/C20H20N4O2S/c1-24(2)16-10-8-14(9-11-16)13-21-23-20-22-19(26)18(27-20)12-17(25)15-6-4-3-5-7-15/h3-11,13,18H,12H2,1-2H3,(H,22,23,26)/b21-13+/t18-/m1/s1. The van der Waals surface area contributed by atoms with E-state index in [1.165, 1.54) is 11.8 Å². The fraction of sp³-hybridized carbons (Fsp3) is 0.200. The van der Waals surface area contributed by atoms with Gasteiger partial charge in [0, 0.05) is 31.8 Å². The van der Waals surface area contributed by atoms with Crippen LogP contribution in [0.2, 0.25) is 0 Å². The molecular weight excluding hydrogens is 360 g/mol. The first-order valence-electron chi connectivity index (χ1n) is 8.47. The van der Waals surface area contributed by atoms with Crippen molar-refractivity contribution in [2.75, 3.05) is 19.0 Å². The van der Waals surface area contributed by atoms with Gasteiger partial charge in [0.2, 0.25) is 5.91 Å². The van der Waals surface area contributed by atoms with Crippen LogP contribution in [0.15, 0.2) is 64.8 Å². The quantitative estimate of drug-likeness (QED) is 0.475. The van der Waals surface area contributed by atoms with Crippen molar-refractivity contribution < 1.29 is 9.59 Å². The molecule has 2 aromatic rings. The number of hydrogen-bond acceptors (Lipinski definition) is 6. The van der Waals surface area contributed by atoms with Crippen LogP contribution in [0.25, 0.3) is 0 Å². The summed E-state index contributed by atoms with van der Waals surface area (Å²) in [4.78, 5) is 26.3. The van der Waals surface area contributed by atoms with Gasteiger partial charge in [0.25, 0.3) is 0 Å². The number of benzene rings is 2. The topological polar surface area (TPSA) is 74.1 Å². The molecule has 0 aliphatic carbocycles. The largest absolute Gasteiger partial charge is 0.378 e. The van der Waals surface area contributed by atoms with Gasteiger partial charge in [-0.25, -0.2) is 0 Å². The fourth-order valence-electron chi connectivity index (χ4n) is 2.50. The van der Waals surface area contributed by atoms with Crippen molar-refractivity contribution in [2.45, 2.75) is 11.7 Å². The van der Waals surface area contributed by atoms with Gasteiger partial charge < -0.3 is 10.2 Å². The minimum absolute atomic E-state index is 0.0611. The second-order valence-electron chi connectivity index (χ2n) is 6.22. The Morgan fingerprint density at radius 2 is 1.85 bits per heavy atom. The lowest BCUT2D eigenvalue weighted by molar-refractivity contribution is -0.118. The van der Waals surface area contributed by atoms with Crippen LogP contribution in [-0.4, -0.2) is 42.4 Å². The molecule has 0 aromatic heterocycles. The van der Waals surface area contributed by atoms with Crippen molar-refractivity contribution in [1.29, 1.82) is 0 Å². The van der Waals surface area contributed by atoms with E-state index in [0.717, 1.165) is 11.3 Å². The van der Waals surface area contributed by atoms with Crippen molar-refractivity contribution in [3.63, 3.8) is 0 Å². The predicted octanol–water partition coefficient (Wildman–Crippen LogP) is 2.95. The molecular formula is C20H20N4O2S. The molecule has 27 heavy (non-hydrogen) atoms. The lowest BCUT2D eigenvalue weighted by Gasteiger charge is -2.11. The predicted molar refractivity (Wildman–Crippen MR) is 111 cm³/mol. The number of anilines is 1. The van der Waals surface area contributed by atoms with Crippen LogP contribution in [0.5, 0.6) is 0 Å². The highest BCUT2D eigenvalue weighted by atomic mass is 32.2. The highest BCUT2D eigenvalue weighted by Crippen LogP contribution is 2.24. The van der Waals surface area contributed by atoms with Gasteiger partial charge in [-0.2, -0.15) is 5.10 Å². The number of nitrogens with zero attached hydrogens (tertiary/aromatic N) is 3. The maximum Gasteiger partial charge on any atom is 0.240 e. The van der Waals surface area contributed by atoms with Gasteiger partial charge in [0.15, 0.2) is 11.0 Å². The Bertz CT molecular complexity index is 877. The van der Waals surface area contributed by atoms with E-state index in [1.54, 1.807) is 18.3 Å². The van der Waals surface area contributed by atoms with E-state index in [4.69, 9.17) is 0 Å². The Morgan fingerprint density at radius 3 is 2.52 bits per heavy atom. The second kappa shape index (κ2) is 8.64. The Labute approximate surface area is 162 Å². The van der Waals surface area contributed by atoms with Crippen LogP contribution < -0.4 is 10.2 Å². The number of carbonyl (C=O) groups is 2. The molecule has 1 atom stereocenters. The van der Waals surface area contributed by atoms with Crippen LogP contribution in [0.4, 0.5) is 5.69 Å². The first-order chi connectivity index (χ1) is 13.0. The molecule has 0 unspecified atom stereocenters. The second-order valence-corrected chi connectivity index (χ2v) is 7.42. The monoisotopic (exact) mass is 380 g/mol. The van der Waals surface area contributed by atoms with E-state index in [1.807, 2.05) is 61.5 Å². The summed E-state index contributed by atoms with van der Waals surface area (Å²) in [5, 5.41) is 10.7. The van der Waals surface area contributed by atoms with E-state index in [0.29, 0.717) is 10.7 Å². The number of thioether (sulfide) groups is 1. The van der Waals surface area contributed by atoms with Crippen LogP contribution >= 0.6 is 11.8 Å². The molecule has 1 amide bonds. The summed E-state index contributed by atoms with van der Waals surface area (Å²) in [6.07, 6.45) is 1.76. The molecule has 0 spiro atoms. The Balaban J connectivity index is 1.58. The lowest BCUT2D eigenvalue weighted by Crippen LogP contribution is -2.26. The average Bonchev–Trinajstić information content (AvgIpc) is 3.02. The molecule has 0 saturated carbocycles. The normalized spacial score (nSPS) is 18.1. The van der Waals surface area contributed by atoms with E-state index in [9.17, 15) is 9.59 Å². The third-order valence-corrected chi connectivity index (χ3v) is 5.08. The molecule has 0 radical (unpaired) electrons. The number of carbonyl (C=O) groups excluding carboxylic acids is 2. The Hall–Kier alpha value is -2.93. The van der Waals surface area contributed by atoms with E-state index in [-0.39, 0.29) is 18.1 Å². The fourth-order valence-corrected chi connectivity index (χ4v) is 3.43. The summed E-state index contributed by atoms with van der Waals surface area (Å²) in [7, 11) is 3.96. The van der Waals surface area contributed by atoms with Gasteiger partial charge in [-0.3, -0.25) is 9.59 Å². The maximum atomic E-state index is 12.3. The number of amides is 1. The molecule has 1 aliphatic rings. The molecule has 138 valence electrons. The first-order valence-corrected chi connectivity index (χ1v) is 9.35. The molecule has 1 aliphatic heterocycles. The lowest BCUT2D eigenvalue weighted by atomic mass is 10.1. The zero-order chi connectivity index (χ0) is 19.2. The van der Waals surface area contributed by atoms with E-state index >= 15 is 0 Å². The third-order valence-electron chi connectivity index (χ3n) is 4.01. The molecule has 2 aromatic carbocycles. The SMILES string of the molecule is CN(C)c1ccc(/C=N/N=C2/NC(=O)[C@@H](CC(=O)c3ccccc3)S2)cc1. The number of rotatable bonds is 6. The third kappa shape index (κ3) is 5.04. The molecule has 7 heteroatoms. The van der Waals surface area contributed by atoms with Crippen LogP contribution in [0, 0.1) is 0 Å². The molecule has 1 fully saturated rings. The highest BCUT2D eigenvalue weighted by Gasteiger charge is 2.32. The number of amidine groups is 1. The zero-order valence-electron chi connectivity index (χ0n) is 15.1. The molecule has 3 rings (SSSR count). The maximum absolute atomic E-state index is 12.3. The molecule has 6 nitrogen and oxygen atoms in total. The number of Topliss-reactive ketones (excluding diaryl/α,β-unsaturated/α-hetero) is 1. The smallest absolute Gasteiger partial charge is 0.240 e. The highest BCUT2D eigenvalue weighted by molar-refractivity contribution is 8.15. The van der Waals surface area contributed by atoms with Crippen molar-refractivity contribution >= 4 is 40.5 Å². The average molecular weight is 380 g/mol. The molecule has 1 heterocycles. The van der Waals surface area contributed by atoms with Crippen molar-refractivity contribution in [3.8, 4) is 0 Å². The Kier molecular flexibility index (Phi) is 6.03. The van der Waals surface area contributed by atoms with Gasteiger partial charge in [-0.05, 0) is 17.7 Å². The van der Waals surface area contributed by atoms with Crippen LogP contribution in [0.3, 0.4) is 0 Å². The number of ketones is 1. The van der Waals surface area contributed by atoms with Gasteiger partial charge in [0.1, 0.15) is 0 Å². The van der Waals surface area contributed by atoms with Crippen molar-refractivity contribution in [1.82, 2.24) is 5.32 Å². The van der Waals surface area contributed by atoms with E-state index in [2.05, 4.69) is 15.5 Å². The zero-order valence-corrected chi connectivity index (χ0v) is 15.9. The number of hydrogen-bond donors (Lipinski definition) is 1.